The fraction of sp³-hybridized carbons (Fsp3) is 0.462. The topological polar surface area (TPSA) is 41.1 Å². The van der Waals surface area contributed by atoms with Crippen molar-refractivity contribution in [3.05, 3.63) is 26.8 Å². The van der Waals surface area contributed by atoms with E-state index >= 15 is 0 Å². The molecule has 0 aliphatic carbocycles. The van der Waals surface area contributed by atoms with Crippen molar-refractivity contribution in [1.29, 1.82) is 0 Å². The van der Waals surface area contributed by atoms with Crippen molar-refractivity contribution >= 4 is 45.8 Å². The highest BCUT2D eigenvalue weighted by Gasteiger charge is 2.24. The SMILES string of the molecule is CC1CC(C(=O)Nc2ccc(Cl)cc2I)CCN1. The number of halogens is 2. The Morgan fingerprint density at radius 2 is 2.33 bits per heavy atom. The number of carbonyl (C=O) groups excluding carboxylic acids is 1. The molecule has 1 aromatic rings. The summed E-state index contributed by atoms with van der Waals surface area (Å²) in [4.78, 5) is 12.2. The Morgan fingerprint density at radius 1 is 1.56 bits per heavy atom. The van der Waals surface area contributed by atoms with Crippen LogP contribution in [-0.2, 0) is 4.79 Å². The highest BCUT2D eigenvalue weighted by atomic mass is 127. The van der Waals surface area contributed by atoms with E-state index in [1.165, 1.54) is 0 Å². The molecule has 0 radical (unpaired) electrons. The zero-order valence-electron chi connectivity index (χ0n) is 10.2. The fourth-order valence-electron chi connectivity index (χ4n) is 2.20. The third kappa shape index (κ3) is 3.59. The zero-order chi connectivity index (χ0) is 13.1. The highest BCUT2D eigenvalue weighted by molar-refractivity contribution is 14.1. The molecule has 2 rings (SSSR count). The molecule has 0 aromatic heterocycles. The van der Waals surface area contributed by atoms with E-state index in [0.717, 1.165) is 28.6 Å². The lowest BCUT2D eigenvalue weighted by Gasteiger charge is -2.27. The van der Waals surface area contributed by atoms with E-state index < -0.39 is 0 Å². The van der Waals surface area contributed by atoms with Crippen LogP contribution in [0.3, 0.4) is 0 Å². The van der Waals surface area contributed by atoms with Gasteiger partial charge in [-0.25, -0.2) is 0 Å². The normalized spacial score (nSPS) is 23.7. The van der Waals surface area contributed by atoms with Gasteiger partial charge in [0.15, 0.2) is 0 Å². The molecule has 1 amide bonds. The van der Waals surface area contributed by atoms with Gasteiger partial charge in [0.05, 0.1) is 5.69 Å². The first kappa shape index (κ1) is 14.1. The van der Waals surface area contributed by atoms with Crippen LogP contribution in [0.25, 0.3) is 0 Å². The second kappa shape index (κ2) is 6.21. The quantitative estimate of drug-likeness (QED) is 0.776. The molecule has 1 aromatic carbocycles. The second-order valence-corrected chi connectivity index (χ2v) is 6.29. The van der Waals surface area contributed by atoms with E-state index in [9.17, 15) is 4.79 Å². The predicted molar refractivity (Wildman–Crippen MR) is 83.0 cm³/mol. The first-order valence-corrected chi connectivity index (χ1v) is 7.51. The molecule has 1 aliphatic rings. The average Bonchev–Trinajstić information content (AvgIpc) is 2.32. The van der Waals surface area contributed by atoms with Crippen LogP contribution in [0.5, 0.6) is 0 Å². The molecule has 98 valence electrons. The van der Waals surface area contributed by atoms with Crippen molar-refractivity contribution in [3.8, 4) is 0 Å². The molecule has 2 N–H and O–H groups in total. The third-order valence-corrected chi connectivity index (χ3v) is 4.31. The van der Waals surface area contributed by atoms with Gasteiger partial charge in [0.2, 0.25) is 5.91 Å². The summed E-state index contributed by atoms with van der Waals surface area (Å²) in [6, 6.07) is 5.92. The summed E-state index contributed by atoms with van der Waals surface area (Å²) in [5.41, 5.74) is 0.844. The van der Waals surface area contributed by atoms with E-state index in [-0.39, 0.29) is 11.8 Å². The van der Waals surface area contributed by atoms with E-state index in [1.54, 1.807) is 6.07 Å². The van der Waals surface area contributed by atoms with E-state index in [2.05, 4.69) is 40.1 Å². The highest BCUT2D eigenvalue weighted by Crippen LogP contribution is 2.24. The van der Waals surface area contributed by atoms with Crippen molar-refractivity contribution in [2.75, 3.05) is 11.9 Å². The number of carbonyl (C=O) groups is 1. The largest absolute Gasteiger partial charge is 0.325 e. The van der Waals surface area contributed by atoms with Crippen LogP contribution in [0.2, 0.25) is 5.02 Å². The average molecular weight is 379 g/mol. The molecule has 5 heteroatoms. The van der Waals surface area contributed by atoms with Crippen molar-refractivity contribution in [3.63, 3.8) is 0 Å². The molecule has 3 nitrogen and oxygen atoms in total. The lowest BCUT2D eigenvalue weighted by molar-refractivity contribution is -0.120. The van der Waals surface area contributed by atoms with Crippen LogP contribution < -0.4 is 10.6 Å². The summed E-state index contributed by atoms with van der Waals surface area (Å²) in [7, 11) is 0. The van der Waals surface area contributed by atoms with Gasteiger partial charge in [0, 0.05) is 20.6 Å². The second-order valence-electron chi connectivity index (χ2n) is 4.69. The Balaban J connectivity index is 2.02. The fourth-order valence-corrected chi connectivity index (χ4v) is 3.20. The summed E-state index contributed by atoms with van der Waals surface area (Å²) in [5.74, 6) is 0.219. The number of hydrogen-bond donors (Lipinski definition) is 2. The van der Waals surface area contributed by atoms with Crippen LogP contribution in [0.15, 0.2) is 18.2 Å². The van der Waals surface area contributed by atoms with Gasteiger partial charge in [-0.3, -0.25) is 4.79 Å². The zero-order valence-corrected chi connectivity index (χ0v) is 13.1. The molecule has 2 unspecified atom stereocenters. The standard InChI is InChI=1S/C13H16ClIN2O/c1-8-6-9(4-5-16-8)13(18)17-12-3-2-10(14)7-11(12)15/h2-3,7-9,16H,4-6H2,1H3,(H,17,18). The molecule has 1 fully saturated rings. The van der Waals surface area contributed by atoms with Crippen LogP contribution in [0, 0.1) is 9.49 Å². The Bertz CT molecular complexity index is 453. The summed E-state index contributed by atoms with van der Waals surface area (Å²) in [6.45, 7) is 3.03. The van der Waals surface area contributed by atoms with E-state index in [0.29, 0.717) is 11.1 Å². The molecule has 2 atom stereocenters. The van der Waals surface area contributed by atoms with Gasteiger partial charge in [-0.15, -0.1) is 0 Å². The predicted octanol–water partition coefficient (Wildman–Crippen LogP) is 3.27. The maximum atomic E-state index is 12.2. The number of benzene rings is 1. The minimum Gasteiger partial charge on any atom is -0.325 e. The lowest BCUT2D eigenvalue weighted by Crippen LogP contribution is -2.40. The number of amides is 1. The van der Waals surface area contributed by atoms with Gasteiger partial charge in [0.1, 0.15) is 0 Å². The monoisotopic (exact) mass is 378 g/mol. The van der Waals surface area contributed by atoms with E-state index in [4.69, 9.17) is 11.6 Å². The van der Waals surface area contributed by atoms with Crippen molar-refractivity contribution in [2.24, 2.45) is 5.92 Å². The van der Waals surface area contributed by atoms with Crippen LogP contribution in [0.1, 0.15) is 19.8 Å². The number of piperidine rings is 1. The van der Waals surface area contributed by atoms with E-state index in [1.807, 2.05) is 12.1 Å². The molecule has 1 aliphatic heterocycles. The van der Waals surface area contributed by atoms with Gasteiger partial charge >= 0.3 is 0 Å². The third-order valence-electron chi connectivity index (χ3n) is 3.18. The number of rotatable bonds is 2. The number of hydrogen-bond acceptors (Lipinski definition) is 2. The minimum atomic E-state index is 0.104. The smallest absolute Gasteiger partial charge is 0.227 e. The summed E-state index contributed by atoms with van der Waals surface area (Å²) in [6.07, 6.45) is 1.80. The Hall–Kier alpha value is -0.330. The van der Waals surface area contributed by atoms with Crippen molar-refractivity contribution < 1.29 is 4.79 Å². The Kier molecular flexibility index (Phi) is 4.86. The first-order valence-electron chi connectivity index (χ1n) is 6.05. The molecular formula is C13H16ClIN2O. The molecular weight excluding hydrogens is 363 g/mol. The van der Waals surface area contributed by atoms with Gasteiger partial charge in [-0.2, -0.15) is 0 Å². The van der Waals surface area contributed by atoms with Crippen LogP contribution in [-0.4, -0.2) is 18.5 Å². The number of nitrogens with one attached hydrogen (secondary N) is 2. The molecule has 1 heterocycles. The Labute approximate surface area is 126 Å². The summed E-state index contributed by atoms with van der Waals surface area (Å²) < 4.78 is 0.968. The van der Waals surface area contributed by atoms with Crippen molar-refractivity contribution in [2.45, 2.75) is 25.8 Å². The van der Waals surface area contributed by atoms with Crippen LogP contribution in [0.4, 0.5) is 5.69 Å². The van der Waals surface area contributed by atoms with Gasteiger partial charge in [0.25, 0.3) is 0 Å². The van der Waals surface area contributed by atoms with Gasteiger partial charge in [-0.1, -0.05) is 11.6 Å². The molecule has 18 heavy (non-hydrogen) atoms. The van der Waals surface area contributed by atoms with Crippen LogP contribution >= 0.6 is 34.2 Å². The Morgan fingerprint density at radius 3 is 3.00 bits per heavy atom. The lowest BCUT2D eigenvalue weighted by atomic mass is 9.92. The van der Waals surface area contributed by atoms with Crippen molar-refractivity contribution in [1.82, 2.24) is 5.32 Å². The van der Waals surface area contributed by atoms with Gasteiger partial charge in [-0.05, 0) is 67.1 Å². The minimum absolute atomic E-state index is 0.104. The molecule has 0 bridgehead atoms. The summed E-state index contributed by atoms with van der Waals surface area (Å²) in [5, 5.41) is 7.03. The maximum Gasteiger partial charge on any atom is 0.227 e. The van der Waals surface area contributed by atoms with Gasteiger partial charge < -0.3 is 10.6 Å². The maximum absolute atomic E-state index is 12.2. The molecule has 1 saturated heterocycles. The number of anilines is 1. The molecule has 0 spiro atoms. The first-order chi connectivity index (χ1) is 8.56. The molecule has 0 saturated carbocycles. The summed E-state index contributed by atoms with van der Waals surface area (Å²) >= 11 is 8.08.